The average molecular weight is 361 g/mol. The molecule has 0 aliphatic carbocycles. The van der Waals surface area contributed by atoms with Gasteiger partial charge in [0.05, 0.1) is 12.0 Å². The van der Waals surface area contributed by atoms with Crippen LogP contribution in [0.15, 0.2) is 22.7 Å². The predicted molar refractivity (Wildman–Crippen MR) is 80.5 cm³/mol. The number of carbonyl (C=O) groups excluding carboxylic acids is 1. The molecule has 0 aliphatic heterocycles. The van der Waals surface area contributed by atoms with E-state index in [1.54, 1.807) is 19.1 Å². The zero-order chi connectivity index (χ0) is 16.2. The van der Waals surface area contributed by atoms with Crippen LogP contribution in [-0.2, 0) is 4.79 Å². The van der Waals surface area contributed by atoms with E-state index in [0.717, 1.165) is 0 Å². The SMILES string of the molecule is CC(CN(C)C(=O)N[C@H](C)c1ccc(Br)cc1F)C(=O)O. The van der Waals surface area contributed by atoms with Crippen molar-refractivity contribution in [3.63, 3.8) is 0 Å². The summed E-state index contributed by atoms with van der Waals surface area (Å²) in [5.74, 6) is -2.05. The van der Waals surface area contributed by atoms with Gasteiger partial charge in [0, 0.05) is 23.6 Å². The van der Waals surface area contributed by atoms with Crippen molar-refractivity contribution in [3.8, 4) is 0 Å². The molecule has 2 atom stereocenters. The zero-order valence-electron chi connectivity index (χ0n) is 12.1. The molecular weight excluding hydrogens is 343 g/mol. The Bertz CT molecular complexity index is 539. The summed E-state index contributed by atoms with van der Waals surface area (Å²) in [4.78, 5) is 24.0. The van der Waals surface area contributed by atoms with Crippen molar-refractivity contribution in [1.29, 1.82) is 0 Å². The Morgan fingerprint density at radius 2 is 2.05 bits per heavy atom. The largest absolute Gasteiger partial charge is 0.481 e. The van der Waals surface area contributed by atoms with Crippen molar-refractivity contribution in [3.05, 3.63) is 34.1 Å². The maximum Gasteiger partial charge on any atom is 0.317 e. The summed E-state index contributed by atoms with van der Waals surface area (Å²) in [7, 11) is 1.50. The first-order valence-corrected chi connectivity index (χ1v) is 7.21. The van der Waals surface area contributed by atoms with Crippen molar-refractivity contribution in [1.82, 2.24) is 10.2 Å². The van der Waals surface area contributed by atoms with E-state index in [1.807, 2.05) is 0 Å². The van der Waals surface area contributed by atoms with Crippen LogP contribution in [0.1, 0.15) is 25.5 Å². The van der Waals surface area contributed by atoms with Gasteiger partial charge in [0.2, 0.25) is 0 Å². The molecule has 0 saturated carbocycles. The van der Waals surface area contributed by atoms with Gasteiger partial charge in [-0.2, -0.15) is 0 Å². The summed E-state index contributed by atoms with van der Waals surface area (Å²) in [6, 6.07) is 3.64. The van der Waals surface area contributed by atoms with E-state index in [1.165, 1.54) is 24.9 Å². The summed E-state index contributed by atoms with van der Waals surface area (Å²) >= 11 is 3.17. The van der Waals surface area contributed by atoms with Gasteiger partial charge in [0.25, 0.3) is 0 Å². The van der Waals surface area contributed by atoms with Crippen molar-refractivity contribution in [2.45, 2.75) is 19.9 Å². The maximum atomic E-state index is 13.8. The fourth-order valence-corrected chi connectivity index (χ4v) is 2.13. The quantitative estimate of drug-likeness (QED) is 0.847. The number of carboxylic acids is 1. The van der Waals surface area contributed by atoms with Crippen LogP contribution in [-0.4, -0.2) is 35.6 Å². The highest BCUT2D eigenvalue weighted by Gasteiger charge is 2.20. The van der Waals surface area contributed by atoms with Gasteiger partial charge in [-0.05, 0) is 19.1 Å². The Kier molecular flexibility index (Phi) is 6.14. The lowest BCUT2D eigenvalue weighted by Gasteiger charge is -2.23. The Hall–Kier alpha value is -1.63. The Morgan fingerprint density at radius 1 is 1.43 bits per heavy atom. The fourth-order valence-electron chi connectivity index (χ4n) is 1.80. The molecule has 0 heterocycles. The van der Waals surface area contributed by atoms with Gasteiger partial charge in [-0.1, -0.05) is 28.9 Å². The highest BCUT2D eigenvalue weighted by atomic mass is 79.9. The molecule has 0 aromatic heterocycles. The molecule has 0 fully saturated rings. The molecular formula is C14H18BrFN2O3. The van der Waals surface area contributed by atoms with Gasteiger partial charge < -0.3 is 15.3 Å². The van der Waals surface area contributed by atoms with Crippen molar-refractivity contribution < 1.29 is 19.1 Å². The number of amides is 2. The minimum absolute atomic E-state index is 0.0801. The zero-order valence-corrected chi connectivity index (χ0v) is 13.6. The van der Waals surface area contributed by atoms with E-state index >= 15 is 0 Å². The van der Waals surface area contributed by atoms with Crippen LogP contribution in [0.3, 0.4) is 0 Å². The minimum atomic E-state index is -0.971. The molecule has 5 nitrogen and oxygen atoms in total. The van der Waals surface area contributed by atoms with E-state index in [9.17, 15) is 14.0 Å². The summed E-state index contributed by atoms with van der Waals surface area (Å²) in [5, 5.41) is 11.5. The third-order valence-electron chi connectivity index (χ3n) is 3.08. The van der Waals surface area contributed by atoms with Crippen LogP contribution in [0.25, 0.3) is 0 Å². The van der Waals surface area contributed by atoms with Crippen molar-refractivity contribution >= 4 is 27.9 Å². The van der Waals surface area contributed by atoms with Crippen LogP contribution < -0.4 is 5.32 Å². The van der Waals surface area contributed by atoms with Gasteiger partial charge in [-0.3, -0.25) is 4.79 Å². The average Bonchev–Trinajstić information content (AvgIpc) is 2.37. The van der Waals surface area contributed by atoms with Gasteiger partial charge in [-0.15, -0.1) is 0 Å². The van der Waals surface area contributed by atoms with Crippen LogP contribution in [0.4, 0.5) is 9.18 Å². The molecule has 116 valence electrons. The molecule has 0 bridgehead atoms. The van der Waals surface area contributed by atoms with Gasteiger partial charge >= 0.3 is 12.0 Å². The van der Waals surface area contributed by atoms with Crippen molar-refractivity contribution in [2.75, 3.05) is 13.6 Å². The lowest BCUT2D eigenvalue weighted by atomic mass is 10.1. The first-order valence-electron chi connectivity index (χ1n) is 6.41. The van der Waals surface area contributed by atoms with Crippen LogP contribution in [0.5, 0.6) is 0 Å². The van der Waals surface area contributed by atoms with E-state index in [0.29, 0.717) is 10.0 Å². The molecule has 0 spiro atoms. The number of nitrogens with zero attached hydrogens (tertiary/aromatic N) is 1. The summed E-state index contributed by atoms with van der Waals surface area (Å²) < 4.78 is 14.4. The van der Waals surface area contributed by atoms with Crippen molar-refractivity contribution in [2.24, 2.45) is 5.92 Å². The van der Waals surface area contributed by atoms with E-state index in [-0.39, 0.29) is 6.54 Å². The second kappa shape index (κ2) is 7.40. The second-order valence-electron chi connectivity index (χ2n) is 4.96. The molecule has 1 aromatic carbocycles. The molecule has 2 amide bonds. The number of hydrogen-bond donors (Lipinski definition) is 2. The highest BCUT2D eigenvalue weighted by Crippen LogP contribution is 2.21. The third kappa shape index (κ3) is 5.00. The monoisotopic (exact) mass is 360 g/mol. The molecule has 21 heavy (non-hydrogen) atoms. The number of aliphatic carboxylic acids is 1. The van der Waals surface area contributed by atoms with Gasteiger partial charge in [0.15, 0.2) is 0 Å². The fraction of sp³-hybridized carbons (Fsp3) is 0.429. The van der Waals surface area contributed by atoms with E-state index < -0.39 is 29.8 Å². The topological polar surface area (TPSA) is 69.6 Å². The number of rotatable bonds is 5. The standard InChI is InChI=1S/C14H18BrFN2O3/c1-8(13(19)20)7-18(3)14(21)17-9(2)11-5-4-10(15)6-12(11)16/h4-6,8-9H,7H2,1-3H3,(H,17,21)(H,19,20)/t8?,9-/m1/s1. The Balaban J connectivity index is 2.67. The number of hydrogen-bond acceptors (Lipinski definition) is 2. The molecule has 1 rings (SSSR count). The Labute approximate surface area is 131 Å². The van der Waals surface area contributed by atoms with Crippen LogP contribution in [0.2, 0.25) is 0 Å². The minimum Gasteiger partial charge on any atom is -0.481 e. The van der Waals surface area contributed by atoms with E-state index in [4.69, 9.17) is 5.11 Å². The smallest absolute Gasteiger partial charge is 0.317 e. The maximum absolute atomic E-state index is 13.8. The molecule has 1 aromatic rings. The molecule has 2 N–H and O–H groups in total. The molecule has 0 saturated heterocycles. The Morgan fingerprint density at radius 3 is 2.57 bits per heavy atom. The second-order valence-corrected chi connectivity index (χ2v) is 5.87. The number of halogens is 2. The number of urea groups is 1. The molecule has 0 radical (unpaired) electrons. The number of carbonyl (C=O) groups is 2. The molecule has 7 heteroatoms. The van der Waals surface area contributed by atoms with Gasteiger partial charge in [-0.25, -0.2) is 9.18 Å². The summed E-state index contributed by atoms with van der Waals surface area (Å²) in [5.41, 5.74) is 0.367. The molecule has 0 aliphatic rings. The lowest BCUT2D eigenvalue weighted by Crippen LogP contribution is -2.41. The number of carboxylic acid groups (broad SMARTS) is 1. The van der Waals surface area contributed by atoms with Gasteiger partial charge in [0.1, 0.15) is 5.82 Å². The normalized spacial score (nSPS) is 13.4. The third-order valence-corrected chi connectivity index (χ3v) is 3.58. The van der Waals surface area contributed by atoms with Crippen LogP contribution >= 0.6 is 15.9 Å². The lowest BCUT2D eigenvalue weighted by molar-refractivity contribution is -0.141. The molecule has 1 unspecified atom stereocenters. The first kappa shape index (κ1) is 17.4. The highest BCUT2D eigenvalue weighted by molar-refractivity contribution is 9.10. The number of nitrogens with one attached hydrogen (secondary N) is 1. The number of benzene rings is 1. The first-order chi connectivity index (χ1) is 9.72. The van der Waals surface area contributed by atoms with E-state index in [2.05, 4.69) is 21.2 Å². The van der Waals surface area contributed by atoms with Crippen LogP contribution in [0, 0.1) is 11.7 Å². The predicted octanol–water partition coefficient (Wildman–Crippen LogP) is 3.01. The summed E-state index contributed by atoms with van der Waals surface area (Å²) in [6.45, 7) is 3.26. The summed E-state index contributed by atoms with van der Waals surface area (Å²) in [6.07, 6.45) is 0.